The highest BCUT2D eigenvalue weighted by molar-refractivity contribution is 6.36. The molecule has 0 saturated heterocycles. The van der Waals surface area contributed by atoms with Crippen molar-refractivity contribution in [3.05, 3.63) is 237 Å². The molecule has 12 aromatic rings. The van der Waals surface area contributed by atoms with E-state index >= 15 is 0 Å². The Bertz CT molecular complexity index is 3570. The molecule has 0 radical (unpaired) electrons. The normalized spacial score (nSPS) is 11.6. The first-order valence-corrected chi connectivity index (χ1v) is 21.1. The summed E-state index contributed by atoms with van der Waals surface area (Å²) in [7, 11) is 0. The number of nitrogens with zero attached hydrogens (tertiary/aromatic N) is 1. The van der Waals surface area contributed by atoms with Gasteiger partial charge in [-0.2, -0.15) is 0 Å². The van der Waals surface area contributed by atoms with Crippen molar-refractivity contribution >= 4 is 81.7 Å². The van der Waals surface area contributed by atoms with E-state index < -0.39 is 0 Å². The third-order valence-electron chi connectivity index (χ3n) is 12.6. The van der Waals surface area contributed by atoms with Crippen LogP contribution in [0.5, 0.6) is 0 Å². The molecule has 1 nitrogen and oxygen atoms in total. The fraction of sp³-hybridized carbons (Fsp3) is 0. The molecule has 0 aliphatic rings. The predicted octanol–water partition coefficient (Wildman–Crippen LogP) is 17.1. The maximum absolute atomic E-state index is 2.33. The second-order valence-corrected chi connectivity index (χ2v) is 16.0. The zero-order valence-electron chi connectivity index (χ0n) is 33.5. The molecule has 0 unspecified atom stereocenters. The molecule has 0 atom stereocenters. The molecule has 61 heavy (non-hydrogen) atoms. The predicted molar refractivity (Wildman–Crippen MR) is 262 cm³/mol. The summed E-state index contributed by atoms with van der Waals surface area (Å²) in [5.74, 6) is 0. The Labute approximate surface area is 355 Å². The van der Waals surface area contributed by atoms with Gasteiger partial charge < -0.3 is 4.90 Å². The van der Waals surface area contributed by atoms with Gasteiger partial charge in [0.2, 0.25) is 0 Å². The van der Waals surface area contributed by atoms with Crippen LogP contribution in [0, 0.1) is 0 Å². The lowest BCUT2D eigenvalue weighted by molar-refractivity contribution is 1.28. The van der Waals surface area contributed by atoms with Crippen LogP contribution in [0.25, 0.3) is 98.0 Å². The minimum atomic E-state index is 1.11. The van der Waals surface area contributed by atoms with Gasteiger partial charge in [0.15, 0.2) is 0 Å². The van der Waals surface area contributed by atoms with Gasteiger partial charge in [-0.3, -0.25) is 0 Å². The Morgan fingerprint density at radius 1 is 0.213 bits per heavy atom. The average Bonchev–Trinajstić information content (AvgIpc) is 3.33. The van der Waals surface area contributed by atoms with Gasteiger partial charge in [-0.1, -0.05) is 182 Å². The molecule has 0 fully saturated rings. The van der Waals surface area contributed by atoms with E-state index in [0.717, 1.165) is 17.1 Å². The van der Waals surface area contributed by atoms with Crippen LogP contribution in [-0.4, -0.2) is 0 Å². The second-order valence-electron chi connectivity index (χ2n) is 16.0. The highest BCUT2D eigenvalue weighted by atomic mass is 15.1. The Hall–Kier alpha value is -8.00. The van der Waals surface area contributed by atoms with Gasteiger partial charge >= 0.3 is 0 Å². The second kappa shape index (κ2) is 14.4. The summed E-state index contributed by atoms with van der Waals surface area (Å²) in [6, 6.07) is 86.8. The quantitative estimate of drug-likeness (QED) is 0.120. The summed E-state index contributed by atoms with van der Waals surface area (Å²) < 4.78 is 0. The highest BCUT2D eigenvalue weighted by Crippen LogP contribution is 2.50. The number of hydrogen-bond acceptors (Lipinski definition) is 1. The number of rotatable bonds is 6. The van der Waals surface area contributed by atoms with Crippen molar-refractivity contribution in [1.82, 2.24) is 0 Å². The van der Waals surface area contributed by atoms with Gasteiger partial charge in [-0.05, 0) is 153 Å². The number of anilines is 3. The molecule has 0 bridgehead atoms. The molecule has 0 aliphatic heterocycles. The van der Waals surface area contributed by atoms with Crippen LogP contribution in [0.2, 0.25) is 0 Å². The first-order chi connectivity index (χ1) is 30.3. The summed E-state index contributed by atoms with van der Waals surface area (Å²) in [5.41, 5.74) is 10.7. The van der Waals surface area contributed by atoms with Gasteiger partial charge in [0.05, 0.1) is 0 Å². The topological polar surface area (TPSA) is 3.24 Å². The van der Waals surface area contributed by atoms with E-state index in [-0.39, 0.29) is 0 Å². The zero-order chi connectivity index (χ0) is 40.3. The highest BCUT2D eigenvalue weighted by Gasteiger charge is 2.22. The standard InChI is InChI=1S/C60H39N/c1-3-17-48(18-4-1)61(49-19-5-2-6-20-49)50-35-33-42(34-36-50)58-56-26-14-13-25-55(56)57(59-53-23-11-9-21-51(53)52-22-10-12-24-54(52)60(58)59)41-29-27-40(28-30-41)45-31-32-46-37-43-15-7-8-16-44(43)38-47(46)39-45/h1-39H. The molecule has 0 heterocycles. The summed E-state index contributed by atoms with van der Waals surface area (Å²) >= 11 is 0. The molecule has 12 aromatic carbocycles. The van der Waals surface area contributed by atoms with Crippen molar-refractivity contribution in [3.63, 3.8) is 0 Å². The van der Waals surface area contributed by atoms with Crippen LogP contribution in [0.15, 0.2) is 237 Å². The largest absolute Gasteiger partial charge is 0.311 e. The lowest BCUT2D eigenvalue weighted by Crippen LogP contribution is -2.09. The first-order valence-electron chi connectivity index (χ1n) is 21.1. The summed E-state index contributed by atoms with van der Waals surface area (Å²) in [6.45, 7) is 0. The molecular weight excluding hydrogens is 735 g/mol. The third-order valence-corrected chi connectivity index (χ3v) is 12.6. The third kappa shape index (κ3) is 5.86. The van der Waals surface area contributed by atoms with Crippen LogP contribution in [-0.2, 0) is 0 Å². The first kappa shape index (κ1) is 35.0. The van der Waals surface area contributed by atoms with Gasteiger partial charge in [0, 0.05) is 17.1 Å². The van der Waals surface area contributed by atoms with Gasteiger partial charge in [0.25, 0.3) is 0 Å². The maximum Gasteiger partial charge on any atom is 0.0462 e. The Morgan fingerprint density at radius 2 is 0.574 bits per heavy atom. The van der Waals surface area contributed by atoms with Gasteiger partial charge in [-0.25, -0.2) is 0 Å². The molecule has 12 rings (SSSR count). The number of fused-ring (bicyclic) bond motifs is 9. The zero-order valence-corrected chi connectivity index (χ0v) is 33.5. The Morgan fingerprint density at radius 3 is 1.10 bits per heavy atom. The molecule has 0 saturated carbocycles. The molecule has 0 amide bonds. The average molecular weight is 774 g/mol. The van der Waals surface area contributed by atoms with Crippen molar-refractivity contribution < 1.29 is 0 Å². The lowest BCUT2D eigenvalue weighted by Gasteiger charge is -2.26. The molecule has 0 aromatic heterocycles. The Kier molecular flexibility index (Phi) is 8.25. The van der Waals surface area contributed by atoms with E-state index in [9.17, 15) is 0 Å². The van der Waals surface area contributed by atoms with E-state index in [0.29, 0.717) is 0 Å². The van der Waals surface area contributed by atoms with Crippen molar-refractivity contribution in [3.8, 4) is 33.4 Å². The fourth-order valence-corrected chi connectivity index (χ4v) is 9.78. The molecule has 0 spiro atoms. The summed E-state index contributed by atoms with van der Waals surface area (Å²) in [5, 5.41) is 15.2. The van der Waals surface area contributed by atoms with Crippen LogP contribution < -0.4 is 4.90 Å². The number of hydrogen-bond donors (Lipinski definition) is 0. The van der Waals surface area contributed by atoms with Crippen molar-refractivity contribution in [2.24, 2.45) is 0 Å². The molecule has 0 N–H and O–H groups in total. The van der Waals surface area contributed by atoms with Crippen molar-refractivity contribution in [1.29, 1.82) is 0 Å². The van der Waals surface area contributed by atoms with E-state index in [1.807, 2.05) is 0 Å². The lowest BCUT2D eigenvalue weighted by atomic mass is 9.81. The Balaban J connectivity index is 1.08. The smallest absolute Gasteiger partial charge is 0.0462 e. The van der Waals surface area contributed by atoms with Crippen LogP contribution in [0.3, 0.4) is 0 Å². The molecular formula is C60H39N. The van der Waals surface area contributed by atoms with Crippen LogP contribution in [0.1, 0.15) is 0 Å². The summed E-state index contributed by atoms with van der Waals surface area (Å²) in [6.07, 6.45) is 0. The van der Waals surface area contributed by atoms with Crippen LogP contribution >= 0.6 is 0 Å². The minimum Gasteiger partial charge on any atom is -0.311 e. The van der Waals surface area contributed by atoms with E-state index in [1.54, 1.807) is 0 Å². The number of para-hydroxylation sites is 2. The van der Waals surface area contributed by atoms with Gasteiger partial charge in [-0.15, -0.1) is 0 Å². The van der Waals surface area contributed by atoms with E-state index in [2.05, 4.69) is 241 Å². The van der Waals surface area contributed by atoms with Crippen LogP contribution in [0.4, 0.5) is 17.1 Å². The maximum atomic E-state index is 2.33. The monoisotopic (exact) mass is 773 g/mol. The molecule has 1 heteroatoms. The van der Waals surface area contributed by atoms with E-state index in [4.69, 9.17) is 0 Å². The van der Waals surface area contributed by atoms with Gasteiger partial charge in [0.1, 0.15) is 0 Å². The SMILES string of the molecule is c1ccc(N(c2ccccc2)c2ccc(-c3c4ccccc4c(-c4ccc(-c5ccc6cc7ccccc7cc6c5)cc4)c4c5ccccc5c5ccccc5c34)cc2)cc1. The van der Waals surface area contributed by atoms with Crippen molar-refractivity contribution in [2.75, 3.05) is 4.90 Å². The number of benzene rings is 12. The summed E-state index contributed by atoms with van der Waals surface area (Å²) in [4.78, 5) is 2.33. The molecule has 284 valence electrons. The fourth-order valence-electron chi connectivity index (χ4n) is 9.78. The van der Waals surface area contributed by atoms with Crippen molar-refractivity contribution in [2.45, 2.75) is 0 Å². The molecule has 0 aliphatic carbocycles. The van der Waals surface area contributed by atoms with E-state index in [1.165, 1.54) is 98.0 Å². The minimum absolute atomic E-state index is 1.11.